The van der Waals surface area contributed by atoms with E-state index >= 15 is 0 Å². The van der Waals surface area contributed by atoms with Gasteiger partial charge in [0.05, 0.1) is 17.8 Å². The van der Waals surface area contributed by atoms with E-state index in [1.807, 2.05) is 50.3 Å². The predicted octanol–water partition coefficient (Wildman–Crippen LogP) is 5.21. The second-order valence-corrected chi connectivity index (χ2v) is 7.15. The molecule has 140 valence electrons. The van der Waals surface area contributed by atoms with Gasteiger partial charge in [-0.1, -0.05) is 42.5 Å². The molecule has 0 radical (unpaired) electrons. The fourth-order valence-electron chi connectivity index (χ4n) is 3.94. The molecule has 5 aromatic rings. The monoisotopic (exact) mass is 376 g/mol. The molecule has 5 rings (SSSR count). The molecule has 0 amide bonds. The predicted molar refractivity (Wildman–Crippen MR) is 116 cm³/mol. The maximum atomic E-state index is 4.59. The SMILES string of the molecule is Cn1cncc1C(c1cccnc1)c1ccc2nccc(-c3ccccc3)c2c1. The van der Waals surface area contributed by atoms with Crippen LogP contribution >= 0.6 is 0 Å². The molecule has 0 aliphatic carbocycles. The summed E-state index contributed by atoms with van der Waals surface area (Å²) in [5.74, 6) is 0.0458. The number of nitrogens with zero attached hydrogens (tertiary/aromatic N) is 4. The normalized spacial score (nSPS) is 12.2. The highest BCUT2D eigenvalue weighted by Crippen LogP contribution is 2.35. The number of hydrogen-bond donors (Lipinski definition) is 0. The van der Waals surface area contributed by atoms with Gasteiger partial charge in [-0.05, 0) is 46.5 Å². The van der Waals surface area contributed by atoms with E-state index in [1.165, 1.54) is 16.7 Å². The van der Waals surface area contributed by atoms with Crippen molar-refractivity contribution in [2.75, 3.05) is 0 Å². The second kappa shape index (κ2) is 7.32. The molecule has 0 saturated heterocycles. The van der Waals surface area contributed by atoms with Gasteiger partial charge in [-0.15, -0.1) is 0 Å². The number of pyridine rings is 2. The summed E-state index contributed by atoms with van der Waals surface area (Å²) in [7, 11) is 2.03. The van der Waals surface area contributed by atoms with Crippen LogP contribution in [-0.2, 0) is 7.05 Å². The van der Waals surface area contributed by atoms with Crippen molar-refractivity contribution in [2.24, 2.45) is 7.05 Å². The molecule has 0 fully saturated rings. The van der Waals surface area contributed by atoms with Crippen molar-refractivity contribution in [3.63, 3.8) is 0 Å². The molecule has 0 bridgehead atoms. The first-order valence-electron chi connectivity index (χ1n) is 9.61. The third kappa shape index (κ3) is 3.19. The number of rotatable bonds is 4. The largest absolute Gasteiger partial charge is 0.337 e. The molecule has 4 heteroatoms. The molecule has 1 unspecified atom stereocenters. The minimum absolute atomic E-state index is 0.0458. The Labute approximate surface area is 169 Å². The zero-order valence-corrected chi connectivity index (χ0v) is 16.1. The highest BCUT2D eigenvalue weighted by atomic mass is 15.0. The van der Waals surface area contributed by atoms with E-state index in [0.717, 1.165) is 22.2 Å². The fourth-order valence-corrected chi connectivity index (χ4v) is 3.94. The van der Waals surface area contributed by atoms with Crippen LogP contribution in [0.1, 0.15) is 22.7 Å². The summed E-state index contributed by atoms with van der Waals surface area (Å²) in [6.07, 6.45) is 9.40. The molecule has 3 heterocycles. The van der Waals surface area contributed by atoms with Crippen molar-refractivity contribution in [2.45, 2.75) is 5.92 Å². The zero-order chi connectivity index (χ0) is 19.6. The molecule has 29 heavy (non-hydrogen) atoms. The van der Waals surface area contributed by atoms with E-state index in [-0.39, 0.29) is 5.92 Å². The van der Waals surface area contributed by atoms with Crippen molar-refractivity contribution >= 4 is 10.9 Å². The molecule has 2 aromatic carbocycles. The van der Waals surface area contributed by atoms with Gasteiger partial charge in [0.15, 0.2) is 0 Å². The van der Waals surface area contributed by atoms with Gasteiger partial charge in [0.25, 0.3) is 0 Å². The van der Waals surface area contributed by atoms with Crippen molar-refractivity contribution in [1.82, 2.24) is 19.5 Å². The molecule has 0 spiro atoms. The van der Waals surface area contributed by atoms with Gasteiger partial charge in [-0.2, -0.15) is 0 Å². The van der Waals surface area contributed by atoms with Crippen LogP contribution in [0.25, 0.3) is 22.0 Å². The van der Waals surface area contributed by atoms with E-state index < -0.39 is 0 Å². The molecule has 0 aliphatic rings. The number of benzene rings is 2. The van der Waals surface area contributed by atoms with Gasteiger partial charge in [0.2, 0.25) is 0 Å². The van der Waals surface area contributed by atoms with Gasteiger partial charge in [-0.3, -0.25) is 9.97 Å². The van der Waals surface area contributed by atoms with E-state index in [4.69, 9.17) is 0 Å². The van der Waals surface area contributed by atoms with Gasteiger partial charge >= 0.3 is 0 Å². The summed E-state index contributed by atoms with van der Waals surface area (Å²) in [6.45, 7) is 0. The van der Waals surface area contributed by atoms with E-state index in [0.29, 0.717) is 0 Å². The fraction of sp³-hybridized carbons (Fsp3) is 0.0800. The molecular formula is C25H20N4. The van der Waals surface area contributed by atoms with E-state index in [9.17, 15) is 0 Å². The number of aromatic nitrogens is 4. The van der Waals surface area contributed by atoms with Crippen molar-refractivity contribution in [3.05, 3.63) is 115 Å². The van der Waals surface area contributed by atoms with Crippen LogP contribution in [0.5, 0.6) is 0 Å². The van der Waals surface area contributed by atoms with Gasteiger partial charge in [0, 0.05) is 42.9 Å². The first-order chi connectivity index (χ1) is 14.3. The van der Waals surface area contributed by atoms with Crippen molar-refractivity contribution < 1.29 is 0 Å². The topological polar surface area (TPSA) is 43.6 Å². The lowest BCUT2D eigenvalue weighted by Gasteiger charge is -2.19. The molecule has 0 aliphatic heterocycles. The number of aryl methyl sites for hydroxylation is 1. The molecular weight excluding hydrogens is 356 g/mol. The van der Waals surface area contributed by atoms with Crippen molar-refractivity contribution in [1.29, 1.82) is 0 Å². The number of imidazole rings is 1. The Bertz CT molecular complexity index is 1260. The third-order valence-corrected chi connectivity index (χ3v) is 5.35. The third-order valence-electron chi connectivity index (χ3n) is 5.35. The minimum atomic E-state index is 0.0458. The average Bonchev–Trinajstić information content (AvgIpc) is 3.20. The maximum absolute atomic E-state index is 4.59. The van der Waals surface area contributed by atoms with Gasteiger partial charge < -0.3 is 4.57 Å². The van der Waals surface area contributed by atoms with Crippen LogP contribution in [0.2, 0.25) is 0 Å². The highest BCUT2D eigenvalue weighted by molar-refractivity contribution is 5.94. The lowest BCUT2D eigenvalue weighted by atomic mass is 9.88. The van der Waals surface area contributed by atoms with Crippen LogP contribution in [0.3, 0.4) is 0 Å². The minimum Gasteiger partial charge on any atom is -0.337 e. The summed E-state index contributed by atoms with van der Waals surface area (Å²) >= 11 is 0. The zero-order valence-electron chi connectivity index (χ0n) is 16.1. The summed E-state index contributed by atoms with van der Waals surface area (Å²) in [5, 5.41) is 1.15. The second-order valence-electron chi connectivity index (χ2n) is 7.15. The highest BCUT2D eigenvalue weighted by Gasteiger charge is 2.21. The lowest BCUT2D eigenvalue weighted by molar-refractivity contribution is 0.791. The average molecular weight is 376 g/mol. The summed E-state index contributed by atoms with van der Waals surface area (Å²) in [5.41, 5.74) is 6.83. The lowest BCUT2D eigenvalue weighted by Crippen LogP contribution is -2.08. The Balaban J connectivity index is 1.73. The number of hydrogen-bond acceptors (Lipinski definition) is 3. The molecule has 0 saturated carbocycles. The number of fused-ring (bicyclic) bond motifs is 1. The first kappa shape index (κ1) is 17.3. The molecule has 3 aromatic heterocycles. The van der Waals surface area contributed by atoms with Gasteiger partial charge in [-0.25, -0.2) is 4.98 Å². The molecule has 1 atom stereocenters. The maximum Gasteiger partial charge on any atom is 0.0945 e. The summed E-state index contributed by atoms with van der Waals surface area (Å²) < 4.78 is 2.07. The standard InChI is InChI=1S/C25H20N4/c1-29-17-27-16-24(29)25(20-8-5-12-26-15-20)19-9-10-23-22(14-19)21(11-13-28-23)18-6-3-2-4-7-18/h2-17,25H,1H3. The quantitative estimate of drug-likeness (QED) is 0.432. The Morgan fingerprint density at radius 3 is 2.45 bits per heavy atom. The summed E-state index contributed by atoms with van der Waals surface area (Å²) in [6, 6.07) is 23.2. The van der Waals surface area contributed by atoms with Gasteiger partial charge in [0.1, 0.15) is 0 Å². The molecule has 4 nitrogen and oxygen atoms in total. The van der Waals surface area contributed by atoms with Crippen LogP contribution in [-0.4, -0.2) is 19.5 Å². The summed E-state index contributed by atoms with van der Waals surface area (Å²) in [4.78, 5) is 13.3. The molecule has 0 N–H and O–H groups in total. The Kier molecular flexibility index (Phi) is 4.37. The van der Waals surface area contributed by atoms with Crippen LogP contribution in [0, 0.1) is 0 Å². The Morgan fingerprint density at radius 1 is 0.793 bits per heavy atom. The van der Waals surface area contributed by atoms with Crippen LogP contribution in [0.15, 0.2) is 97.8 Å². The van der Waals surface area contributed by atoms with E-state index in [1.54, 1.807) is 0 Å². The first-order valence-corrected chi connectivity index (χ1v) is 9.61. The Hall–Kier alpha value is -3.79. The Morgan fingerprint density at radius 2 is 1.69 bits per heavy atom. The van der Waals surface area contributed by atoms with Crippen LogP contribution < -0.4 is 0 Å². The van der Waals surface area contributed by atoms with Crippen molar-refractivity contribution in [3.8, 4) is 11.1 Å². The smallest absolute Gasteiger partial charge is 0.0945 e. The van der Waals surface area contributed by atoms with Crippen LogP contribution in [0.4, 0.5) is 0 Å². The van der Waals surface area contributed by atoms with E-state index in [2.05, 4.69) is 74.1 Å².